The summed E-state index contributed by atoms with van der Waals surface area (Å²) in [6, 6.07) is 2.10. The molecule has 2 heterocycles. The topological polar surface area (TPSA) is 57.0 Å². The summed E-state index contributed by atoms with van der Waals surface area (Å²) in [7, 11) is 0. The zero-order valence-electron chi connectivity index (χ0n) is 12.9. The van der Waals surface area contributed by atoms with Crippen LogP contribution in [0, 0.1) is 0 Å². The van der Waals surface area contributed by atoms with Crippen LogP contribution in [0.5, 0.6) is 0 Å². The van der Waals surface area contributed by atoms with Gasteiger partial charge < -0.3 is 4.74 Å². The van der Waals surface area contributed by atoms with E-state index in [-0.39, 0.29) is 5.41 Å². The normalized spacial score (nSPS) is 11.6. The van der Waals surface area contributed by atoms with Gasteiger partial charge in [0.15, 0.2) is 5.69 Å². The third-order valence-corrected chi connectivity index (χ3v) is 3.84. The van der Waals surface area contributed by atoms with Crippen LogP contribution in [0.3, 0.4) is 0 Å². The third kappa shape index (κ3) is 3.69. The molecule has 5 nitrogen and oxygen atoms in total. The predicted octanol–water partition coefficient (Wildman–Crippen LogP) is 3.06. The minimum Gasteiger partial charge on any atom is -0.461 e. The molecule has 2 rings (SSSR count). The van der Waals surface area contributed by atoms with Gasteiger partial charge in [-0.25, -0.2) is 9.48 Å². The second-order valence-corrected chi connectivity index (χ2v) is 6.64. The molecular weight excluding hydrogens is 286 g/mol. The van der Waals surface area contributed by atoms with E-state index < -0.39 is 5.97 Å². The summed E-state index contributed by atoms with van der Waals surface area (Å²) >= 11 is 1.68. The molecule has 0 saturated carbocycles. The fourth-order valence-corrected chi connectivity index (χ4v) is 2.92. The lowest BCUT2D eigenvalue weighted by Crippen LogP contribution is -2.23. The Kier molecular flexibility index (Phi) is 4.77. The number of carbonyl (C=O) groups excluding carboxylic acids is 1. The number of rotatable bonds is 5. The number of aromatic nitrogens is 3. The monoisotopic (exact) mass is 307 g/mol. The van der Waals surface area contributed by atoms with Crippen LogP contribution in [0.25, 0.3) is 0 Å². The van der Waals surface area contributed by atoms with Gasteiger partial charge in [0.05, 0.1) is 12.3 Å². The lowest BCUT2D eigenvalue weighted by molar-refractivity contribution is 0.0516. The molecule has 2 aromatic rings. The van der Waals surface area contributed by atoms with Crippen LogP contribution in [0.4, 0.5) is 0 Å². The average molecular weight is 307 g/mol. The van der Waals surface area contributed by atoms with Crippen molar-refractivity contribution in [1.29, 1.82) is 0 Å². The Hall–Kier alpha value is -1.69. The van der Waals surface area contributed by atoms with Gasteiger partial charge in [-0.3, -0.25) is 0 Å². The maximum atomic E-state index is 12.0. The molecule has 0 unspecified atom stereocenters. The van der Waals surface area contributed by atoms with Gasteiger partial charge in [-0.05, 0) is 35.7 Å². The van der Waals surface area contributed by atoms with E-state index in [1.165, 1.54) is 5.56 Å². The molecule has 0 fully saturated rings. The molecule has 0 N–H and O–H groups in total. The summed E-state index contributed by atoms with van der Waals surface area (Å²) < 4.78 is 6.90. The van der Waals surface area contributed by atoms with Crippen molar-refractivity contribution in [3.05, 3.63) is 33.8 Å². The Morgan fingerprint density at radius 3 is 2.76 bits per heavy atom. The maximum absolute atomic E-state index is 12.0. The quantitative estimate of drug-likeness (QED) is 0.797. The van der Waals surface area contributed by atoms with Crippen molar-refractivity contribution < 1.29 is 9.53 Å². The highest BCUT2D eigenvalue weighted by atomic mass is 32.1. The SMILES string of the molecule is CCOC(=O)c1nnn(CCc2ccsc2)c1C(C)(C)C. The third-order valence-electron chi connectivity index (χ3n) is 3.11. The fourth-order valence-electron chi connectivity index (χ4n) is 2.22. The molecule has 0 aliphatic heterocycles. The van der Waals surface area contributed by atoms with Crippen LogP contribution in [-0.4, -0.2) is 27.6 Å². The number of aryl methyl sites for hydroxylation is 2. The zero-order valence-corrected chi connectivity index (χ0v) is 13.7. The summed E-state index contributed by atoms with van der Waals surface area (Å²) in [6.45, 7) is 8.98. The van der Waals surface area contributed by atoms with E-state index in [9.17, 15) is 4.79 Å². The Morgan fingerprint density at radius 1 is 1.43 bits per heavy atom. The molecule has 0 aromatic carbocycles. The minimum absolute atomic E-state index is 0.222. The second kappa shape index (κ2) is 6.39. The highest BCUT2D eigenvalue weighted by Gasteiger charge is 2.29. The van der Waals surface area contributed by atoms with Crippen LogP contribution in [0.2, 0.25) is 0 Å². The Morgan fingerprint density at radius 2 is 2.19 bits per heavy atom. The lowest BCUT2D eigenvalue weighted by atomic mass is 9.90. The number of ether oxygens (including phenoxy) is 1. The van der Waals surface area contributed by atoms with E-state index in [0.29, 0.717) is 18.8 Å². The maximum Gasteiger partial charge on any atom is 0.360 e. The van der Waals surface area contributed by atoms with Crippen molar-refractivity contribution in [1.82, 2.24) is 15.0 Å². The molecule has 0 spiro atoms. The number of carbonyl (C=O) groups is 1. The first-order chi connectivity index (χ1) is 9.93. The fraction of sp³-hybridized carbons (Fsp3) is 0.533. The van der Waals surface area contributed by atoms with Gasteiger partial charge >= 0.3 is 5.97 Å². The molecule has 114 valence electrons. The zero-order chi connectivity index (χ0) is 15.5. The first kappa shape index (κ1) is 15.7. The van der Waals surface area contributed by atoms with Gasteiger partial charge in [-0.1, -0.05) is 26.0 Å². The first-order valence-electron chi connectivity index (χ1n) is 7.05. The summed E-state index contributed by atoms with van der Waals surface area (Å²) in [5, 5.41) is 12.4. The Bertz CT molecular complexity index is 597. The van der Waals surface area contributed by atoms with E-state index in [1.807, 2.05) is 4.68 Å². The summed E-state index contributed by atoms with van der Waals surface area (Å²) in [5.41, 5.74) is 2.21. The predicted molar refractivity (Wildman–Crippen MR) is 82.7 cm³/mol. The van der Waals surface area contributed by atoms with Gasteiger partial charge in [0.2, 0.25) is 0 Å². The highest BCUT2D eigenvalue weighted by Crippen LogP contribution is 2.25. The molecule has 6 heteroatoms. The minimum atomic E-state index is -0.399. The smallest absolute Gasteiger partial charge is 0.360 e. The van der Waals surface area contributed by atoms with Crippen LogP contribution < -0.4 is 0 Å². The molecule has 0 atom stereocenters. The molecule has 0 aliphatic rings. The van der Waals surface area contributed by atoms with Gasteiger partial charge in [-0.15, -0.1) is 5.10 Å². The van der Waals surface area contributed by atoms with Gasteiger partial charge in [0.1, 0.15) is 0 Å². The van der Waals surface area contributed by atoms with Crippen molar-refractivity contribution in [3.8, 4) is 0 Å². The van der Waals surface area contributed by atoms with Crippen LogP contribution in [0.1, 0.15) is 49.4 Å². The number of hydrogen-bond acceptors (Lipinski definition) is 5. The summed E-state index contributed by atoms with van der Waals surface area (Å²) in [4.78, 5) is 12.0. The second-order valence-electron chi connectivity index (χ2n) is 5.86. The number of hydrogen-bond donors (Lipinski definition) is 0. The number of thiophene rings is 1. The van der Waals surface area contributed by atoms with E-state index >= 15 is 0 Å². The largest absolute Gasteiger partial charge is 0.461 e. The highest BCUT2D eigenvalue weighted by molar-refractivity contribution is 7.07. The number of esters is 1. The standard InChI is InChI=1S/C15H21N3O2S/c1-5-20-14(19)12-13(15(2,3)4)18(17-16-12)8-6-11-7-9-21-10-11/h7,9-10H,5-6,8H2,1-4H3. The molecule has 0 bridgehead atoms. The Balaban J connectivity index is 2.26. The van der Waals surface area contributed by atoms with Crippen LogP contribution >= 0.6 is 11.3 Å². The van der Waals surface area contributed by atoms with Crippen LogP contribution in [-0.2, 0) is 23.1 Å². The molecule has 0 radical (unpaired) electrons. The molecule has 0 saturated heterocycles. The molecule has 2 aromatic heterocycles. The van der Waals surface area contributed by atoms with Crippen molar-refractivity contribution in [2.75, 3.05) is 6.61 Å². The molecule has 21 heavy (non-hydrogen) atoms. The van der Waals surface area contributed by atoms with Crippen molar-refractivity contribution in [2.24, 2.45) is 0 Å². The Labute approximate surface area is 128 Å². The molecule has 0 amide bonds. The average Bonchev–Trinajstić information content (AvgIpc) is 3.05. The van der Waals surface area contributed by atoms with Crippen molar-refractivity contribution in [3.63, 3.8) is 0 Å². The first-order valence-corrected chi connectivity index (χ1v) is 8.00. The van der Waals surface area contributed by atoms with Crippen LogP contribution in [0.15, 0.2) is 16.8 Å². The van der Waals surface area contributed by atoms with Crippen molar-refractivity contribution in [2.45, 2.75) is 46.1 Å². The molecular formula is C15H21N3O2S. The van der Waals surface area contributed by atoms with E-state index in [0.717, 1.165) is 12.1 Å². The van der Waals surface area contributed by atoms with Gasteiger partial charge in [0, 0.05) is 12.0 Å². The lowest BCUT2D eigenvalue weighted by Gasteiger charge is -2.20. The van der Waals surface area contributed by atoms with E-state index in [4.69, 9.17) is 4.74 Å². The summed E-state index contributed by atoms with van der Waals surface area (Å²) in [5.74, 6) is -0.399. The van der Waals surface area contributed by atoms with Gasteiger partial charge in [0.25, 0.3) is 0 Å². The van der Waals surface area contributed by atoms with Crippen molar-refractivity contribution >= 4 is 17.3 Å². The van der Waals surface area contributed by atoms with E-state index in [1.54, 1.807) is 18.3 Å². The van der Waals surface area contributed by atoms with E-state index in [2.05, 4.69) is 47.9 Å². The summed E-state index contributed by atoms with van der Waals surface area (Å²) in [6.07, 6.45) is 0.873. The number of nitrogens with zero attached hydrogens (tertiary/aromatic N) is 3. The molecule has 0 aliphatic carbocycles. The van der Waals surface area contributed by atoms with Gasteiger partial charge in [-0.2, -0.15) is 11.3 Å².